The van der Waals surface area contributed by atoms with E-state index in [2.05, 4.69) is 9.38 Å². The summed E-state index contributed by atoms with van der Waals surface area (Å²) in [6.45, 7) is 0.686. The van der Waals surface area contributed by atoms with Crippen LogP contribution < -0.4 is 10.5 Å². The molecule has 0 radical (unpaired) electrons. The van der Waals surface area contributed by atoms with E-state index in [0.29, 0.717) is 24.9 Å². The number of nitrogens with zero attached hydrogens (tertiary/aromatic N) is 4. The number of hydrogen-bond acceptors (Lipinski definition) is 6. The Hall–Kier alpha value is -4.20. The highest BCUT2D eigenvalue weighted by Gasteiger charge is 2.47. The second-order valence-corrected chi connectivity index (χ2v) is 11.4. The highest BCUT2D eigenvalue weighted by atomic mass is 16.5. The summed E-state index contributed by atoms with van der Waals surface area (Å²) in [6, 6.07) is 15.9. The van der Waals surface area contributed by atoms with Crippen LogP contribution in [0.4, 0.5) is 5.82 Å². The lowest BCUT2D eigenvalue weighted by atomic mass is 9.81. The van der Waals surface area contributed by atoms with E-state index in [1.165, 1.54) is 11.3 Å². The molecule has 204 valence electrons. The zero-order valence-electron chi connectivity index (χ0n) is 22.5. The summed E-state index contributed by atoms with van der Waals surface area (Å²) in [5.74, 6) is 2.44. The smallest absolute Gasteiger partial charge is 0.233 e. The highest BCUT2D eigenvalue weighted by molar-refractivity contribution is 6.05. The van der Waals surface area contributed by atoms with Gasteiger partial charge in [-0.15, -0.1) is 0 Å². The van der Waals surface area contributed by atoms with Crippen molar-refractivity contribution in [1.82, 2.24) is 19.3 Å². The number of benzene rings is 2. The third-order valence-corrected chi connectivity index (χ3v) is 8.86. The number of imide groups is 1. The zero-order chi connectivity index (χ0) is 27.2. The van der Waals surface area contributed by atoms with Gasteiger partial charge in [-0.2, -0.15) is 0 Å². The van der Waals surface area contributed by atoms with Crippen LogP contribution in [0, 0.1) is 11.8 Å². The first-order chi connectivity index (χ1) is 19.6. The molecule has 1 aliphatic heterocycles. The quantitative estimate of drug-likeness (QED) is 0.314. The molecule has 2 amide bonds. The fourth-order valence-corrected chi connectivity index (χ4v) is 6.53. The van der Waals surface area contributed by atoms with E-state index in [1.807, 2.05) is 54.7 Å². The molecule has 3 aliphatic rings. The Morgan fingerprint density at radius 3 is 2.40 bits per heavy atom. The number of anilines is 1. The van der Waals surface area contributed by atoms with Crippen molar-refractivity contribution in [1.29, 1.82) is 0 Å². The van der Waals surface area contributed by atoms with Crippen molar-refractivity contribution in [2.45, 2.75) is 64.0 Å². The van der Waals surface area contributed by atoms with Gasteiger partial charge in [-0.05, 0) is 48.9 Å². The molecule has 8 heteroatoms. The van der Waals surface area contributed by atoms with Gasteiger partial charge in [-0.3, -0.25) is 18.9 Å². The Bertz CT molecular complexity index is 1580. The first-order valence-corrected chi connectivity index (χ1v) is 14.4. The number of nitrogen functional groups attached to an aromatic ring is 1. The van der Waals surface area contributed by atoms with Gasteiger partial charge in [0.15, 0.2) is 0 Å². The van der Waals surface area contributed by atoms with Gasteiger partial charge in [-0.1, -0.05) is 55.7 Å². The first-order valence-electron chi connectivity index (χ1n) is 14.4. The highest BCUT2D eigenvalue weighted by Crippen LogP contribution is 2.40. The molecule has 2 saturated carbocycles. The standard InChI is InChI=1S/C32H33N5O3/c33-29-28-27(35-30(22-8-4-9-22)36(28)15-14-34-29)23-10-5-11-24(17-23)40-19-21-7-3-6-20(16-21)18-37-31(38)25-12-1-2-13-26(25)32(37)39/h3,5-7,10-11,14-17,22,25-26H,1-2,4,8-9,12-13,18-19H2,(H2,33,34). The van der Waals surface area contributed by atoms with Gasteiger partial charge in [0, 0.05) is 23.9 Å². The van der Waals surface area contributed by atoms with E-state index >= 15 is 0 Å². The number of imidazole rings is 1. The van der Waals surface area contributed by atoms with Gasteiger partial charge in [-0.25, -0.2) is 9.97 Å². The molecule has 2 aromatic carbocycles. The molecule has 40 heavy (non-hydrogen) atoms. The van der Waals surface area contributed by atoms with Crippen LogP contribution in [0.25, 0.3) is 16.8 Å². The van der Waals surface area contributed by atoms with Crippen LogP contribution in [0.15, 0.2) is 60.9 Å². The second kappa shape index (κ2) is 10.1. The van der Waals surface area contributed by atoms with Crippen molar-refractivity contribution in [3.8, 4) is 17.0 Å². The molecule has 0 spiro atoms. The topological polar surface area (TPSA) is 103 Å². The minimum atomic E-state index is -0.122. The summed E-state index contributed by atoms with van der Waals surface area (Å²) in [7, 11) is 0. The number of aromatic nitrogens is 3. The molecule has 2 N–H and O–H groups in total. The molecule has 8 nitrogen and oxygen atoms in total. The van der Waals surface area contributed by atoms with Gasteiger partial charge in [0.2, 0.25) is 11.8 Å². The van der Waals surface area contributed by atoms with Gasteiger partial charge in [0.1, 0.15) is 35.2 Å². The van der Waals surface area contributed by atoms with E-state index in [9.17, 15) is 9.59 Å². The zero-order valence-corrected chi connectivity index (χ0v) is 22.5. The van der Waals surface area contributed by atoms with E-state index in [4.69, 9.17) is 15.5 Å². The molecule has 3 heterocycles. The SMILES string of the molecule is Nc1nccn2c(C3CCC3)nc(-c3cccc(OCc4cccc(CN5C(=O)C6CCCCC6C5=O)c4)c3)c12. The summed E-state index contributed by atoms with van der Waals surface area (Å²) in [5, 5.41) is 0. The van der Waals surface area contributed by atoms with Crippen molar-refractivity contribution in [2.75, 3.05) is 5.73 Å². The molecule has 2 aromatic heterocycles. The van der Waals surface area contributed by atoms with Crippen LogP contribution in [-0.2, 0) is 22.7 Å². The van der Waals surface area contributed by atoms with Crippen LogP contribution in [-0.4, -0.2) is 31.1 Å². The molecule has 0 bridgehead atoms. The monoisotopic (exact) mass is 535 g/mol. The molecule has 2 unspecified atom stereocenters. The van der Waals surface area contributed by atoms with Crippen molar-refractivity contribution < 1.29 is 14.3 Å². The van der Waals surface area contributed by atoms with Crippen molar-refractivity contribution in [3.05, 3.63) is 77.9 Å². The van der Waals surface area contributed by atoms with Gasteiger partial charge in [0.05, 0.1) is 18.4 Å². The average Bonchev–Trinajstić information content (AvgIpc) is 3.44. The third kappa shape index (κ3) is 4.31. The van der Waals surface area contributed by atoms with Crippen molar-refractivity contribution in [3.63, 3.8) is 0 Å². The van der Waals surface area contributed by atoms with Crippen molar-refractivity contribution >= 4 is 23.1 Å². The predicted molar refractivity (Wildman–Crippen MR) is 151 cm³/mol. The number of fused-ring (bicyclic) bond motifs is 2. The van der Waals surface area contributed by atoms with Gasteiger partial charge in [0.25, 0.3) is 0 Å². The lowest BCUT2D eigenvalue weighted by Gasteiger charge is -2.23. The summed E-state index contributed by atoms with van der Waals surface area (Å²) < 4.78 is 8.29. The van der Waals surface area contributed by atoms with Crippen molar-refractivity contribution in [2.24, 2.45) is 11.8 Å². The Morgan fingerprint density at radius 1 is 0.900 bits per heavy atom. The first kappa shape index (κ1) is 24.8. The Balaban J connectivity index is 1.08. The second-order valence-electron chi connectivity index (χ2n) is 11.4. The van der Waals surface area contributed by atoms with E-state index in [0.717, 1.165) is 78.0 Å². The third-order valence-electron chi connectivity index (χ3n) is 8.86. The number of ether oxygens (including phenoxy) is 1. The predicted octanol–water partition coefficient (Wildman–Crippen LogP) is 5.50. The minimum Gasteiger partial charge on any atom is -0.489 e. The molecule has 3 fully saturated rings. The molecular weight excluding hydrogens is 502 g/mol. The summed E-state index contributed by atoms with van der Waals surface area (Å²) >= 11 is 0. The molecular formula is C32H33N5O3. The number of carbonyl (C=O) groups excluding carboxylic acids is 2. The van der Waals surface area contributed by atoms with E-state index in [-0.39, 0.29) is 23.7 Å². The largest absolute Gasteiger partial charge is 0.489 e. The number of carbonyl (C=O) groups is 2. The number of amides is 2. The Morgan fingerprint density at radius 2 is 1.65 bits per heavy atom. The van der Waals surface area contributed by atoms with Crippen LogP contribution in [0.3, 0.4) is 0 Å². The summed E-state index contributed by atoms with van der Waals surface area (Å²) in [5.41, 5.74) is 10.8. The number of hydrogen-bond donors (Lipinski definition) is 1. The molecule has 2 atom stereocenters. The Kier molecular flexibility index (Phi) is 6.25. The van der Waals surface area contributed by atoms with Crippen LogP contribution in [0.5, 0.6) is 5.75 Å². The fraction of sp³-hybridized carbons (Fsp3) is 0.375. The molecule has 4 aromatic rings. The normalized spacial score (nSPS) is 21.1. The van der Waals surface area contributed by atoms with E-state index < -0.39 is 0 Å². The van der Waals surface area contributed by atoms with Crippen LogP contribution >= 0.6 is 0 Å². The lowest BCUT2D eigenvalue weighted by Crippen LogP contribution is -2.30. The van der Waals surface area contributed by atoms with Gasteiger partial charge >= 0.3 is 0 Å². The van der Waals surface area contributed by atoms with Gasteiger partial charge < -0.3 is 10.5 Å². The summed E-state index contributed by atoms with van der Waals surface area (Å²) in [4.78, 5) is 36.7. The number of rotatable bonds is 7. The average molecular weight is 536 g/mol. The maximum atomic E-state index is 12.9. The molecule has 2 aliphatic carbocycles. The van der Waals surface area contributed by atoms with Crippen LogP contribution in [0.1, 0.15) is 67.8 Å². The fourth-order valence-electron chi connectivity index (χ4n) is 6.53. The Labute approximate surface area is 233 Å². The molecule has 1 saturated heterocycles. The van der Waals surface area contributed by atoms with E-state index in [1.54, 1.807) is 6.20 Å². The maximum Gasteiger partial charge on any atom is 0.233 e. The number of likely N-dealkylation sites (tertiary alicyclic amines) is 1. The summed E-state index contributed by atoms with van der Waals surface area (Å²) in [6.07, 6.45) is 10.9. The number of nitrogens with two attached hydrogens (primary N) is 1. The maximum absolute atomic E-state index is 12.9. The molecule has 7 rings (SSSR count). The minimum absolute atomic E-state index is 0.00345. The van der Waals surface area contributed by atoms with Crippen LogP contribution in [0.2, 0.25) is 0 Å². The lowest BCUT2D eigenvalue weighted by molar-refractivity contribution is -0.140.